The molecule has 1 atom stereocenters. The van der Waals surface area contributed by atoms with Crippen molar-refractivity contribution in [2.24, 2.45) is 0 Å². The second-order valence-electron chi connectivity index (χ2n) is 4.03. The molecule has 0 spiro atoms. The van der Waals surface area contributed by atoms with Gasteiger partial charge in [-0.15, -0.1) is 0 Å². The maximum absolute atomic E-state index is 5.99. The quantitative estimate of drug-likeness (QED) is 0.874. The number of imidazole rings is 1. The molecule has 2 rings (SSSR count). The Morgan fingerprint density at radius 1 is 1.50 bits per heavy atom. The highest BCUT2D eigenvalue weighted by molar-refractivity contribution is 6.30. The first-order chi connectivity index (χ1) is 8.70. The van der Waals surface area contributed by atoms with Crippen molar-refractivity contribution in [1.29, 1.82) is 0 Å². The molecule has 0 amide bonds. The van der Waals surface area contributed by atoms with Crippen LogP contribution in [0.25, 0.3) is 0 Å². The van der Waals surface area contributed by atoms with Gasteiger partial charge in [0, 0.05) is 29.5 Å². The number of aromatic amines is 1. The van der Waals surface area contributed by atoms with Gasteiger partial charge in [0.05, 0.1) is 13.2 Å². The van der Waals surface area contributed by atoms with Crippen molar-refractivity contribution in [2.45, 2.75) is 19.5 Å². The number of halogens is 1. The van der Waals surface area contributed by atoms with Crippen molar-refractivity contribution >= 4 is 11.6 Å². The van der Waals surface area contributed by atoms with Gasteiger partial charge in [0.25, 0.3) is 0 Å². The lowest BCUT2D eigenvalue weighted by Gasteiger charge is -2.14. The van der Waals surface area contributed by atoms with Crippen molar-refractivity contribution in [3.63, 3.8) is 0 Å². The van der Waals surface area contributed by atoms with E-state index in [1.54, 1.807) is 13.3 Å². The lowest BCUT2D eigenvalue weighted by molar-refractivity contribution is 0.405. The van der Waals surface area contributed by atoms with Gasteiger partial charge in [0.15, 0.2) is 0 Å². The van der Waals surface area contributed by atoms with E-state index in [2.05, 4.69) is 22.2 Å². The highest BCUT2D eigenvalue weighted by Gasteiger charge is 2.09. The summed E-state index contributed by atoms with van der Waals surface area (Å²) >= 11 is 5.99. The number of hydrogen-bond donors (Lipinski definition) is 2. The number of hydrogen-bond acceptors (Lipinski definition) is 3. The second-order valence-corrected chi connectivity index (χ2v) is 4.47. The maximum atomic E-state index is 5.99. The zero-order valence-corrected chi connectivity index (χ0v) is 11.2. The molecule has 0 radical (unpaired) electrons. The topological polar surface area (TPSA) is 49.9 Å². The molecule has 1 unspecified atom stereocenters. The Balaban J connectivity index is 2.03. The van der Waals surface area contributed by atoms with Gasteiger partial charge in [-0.25, -0.2) is 4.98 Å². The summed E-state index contributed by atoms with van der Waals surface area (Å²) in [6.45, 7) is 2.72. The molecule has 18 heavy (non-hydrogen) atoms. The standard InChI is InChI=1S/C13H16ClN3O/c1-9(13-15-5-6-16-13)17-8-10-7-11(14)3-4-12(10)18-2/h3-7,9,17H,8H2,1-2H3,(H,15,16). The number of ether oxygens (including phenoxy) is 1. The van der Waals surface area contributed by atoms with E-state index in [1.807, 2.05) is 24.4 Å². The first kappa shape index (κ1) is 12.9. The van der Waals surface area contributed by atoms with Crippen LogP contribution in [0.5, 0.6) is 5.75 Å². The predicted molar refractivity (Wildman–Crippen MR) is 71.8 cm³/mol. The monoisotopic (exact) mass is 265 g/mol. The van der Waals surface area contributed by atoms with Crippen LogP contribution < -0.4 is 10.1 Å². The zero-order valence-electron chi connectivity index (χ0n) is 10.4. The lowest BCUT2D eigenvalue weighted by atomic mass is 10.2. The molecule has 96 valence electrons. The third kappa shape index (κ3) is 3.03. The minimum atomic E-state index is 0.142. The summed E-state index contributed by atoms with van der Waals surface area (Å²) in [7, 11) is 1.66. The molecule has 2 N–H and O–H groups in total. The number of rotatable bonds is 5. The zero-order chi connectivity index (χ0) is 13.0. The van der Waals surface area contributed by atoms with E-state index in [1.165, 1.54) is 0 Å². The molecule has 1 aromatic heterocycles. The Morgan fingerprint density at radius 2 is 2.33 bits per heavy atom. The highest BCUT2D eigenvalue weighted by atomic mass is 35.5. The lowest BCUT2D eigenvalue weighted by Crippen LogP contribution is -2.19. The Labute approximate surface area is 111 Å². The van der Waals surface area contributed by atoms with E-state index >= 15 is 0 Å². The van der Waals surface area contributed by atoms with Crippen molar-refractivity contribution in [3.05, 3.63) is 47.0 Å². The Kier molecular flexibility index (Phi) is 4.23. The smallest absolute Gasteiger partial charge is 0.123 e. The highest BCUT2D eigenvalue weighted by Crippen LogP contribution is 2.23. The van der Waals surface area contributed by atoms with Gasteiger partial charge < -0.3 is 15.0 Å². The van der Waals surface area contributed by atoms with Crippen LogP contribution in [0.15, 0.2) is 30.6 Å². The van der Waals surface area contributed by atoms with Gasteiger partial charge in [-0.2, -0.15) is 0 Å². The molecule has 0 saturated carbocycles. The molecule has 0 bridgehead atoms. The summed E-state index contributed by atoms with van der Waals surface area (Å²) in [5, 5.41) is 4.08. The van der Waals surface area contributed by atoms with Crippen LogP contribution in [0.4, 0.5) is 0 Å². The first-order valence-electron chi connectivity index (χ1n) is 5.76. The molecule has 0 aliphatic heterocycles. The number of nitrogens with one attached hydrogen (secondary N) is 2. The van der Waals surface area contributed by atoms with Crippen LogP contribution in [-0.4, -0.2) is 17.1 Å². The van der Waals surface area contributed by atoms with E-state index in [9.17, 15) is 0 Å². The van der Waals surface area contributed by atoms with E-state index in [4.69, 9.17) is 16.3 Å². The molecule has 0 aliphatic carbocycles. The summed E-state index contributed by atoms with van der Waals surface area (Å²) < 4.78 is 5.30. The molecule has 1 aromatic carbocycles. The normalized spacial score (nSPS) is 12.4. The van der Waals surface area contributed by atoms with Crippen LogP contribution >= 0.6 is 11.6 Å². The van der Waals surface area contributed by atoms with Gasteiger partial charge in [0.2, 0.25) is 0 Å². The molecule has 2 aromatic rings. The summed E-state index contributed by atoms with van der Waals surface area (Å²) in [5.74, 6) is 1.74. The second kappa shape index (κ2) is 5.89. The SMILES string of the molecule is COc1ccc(Cl)cc1CNC(C)c1ncc[nH]1. The van der Waals surface area contributed by atoms with E-state index in [-0.39, 0.29) is 6.04 Å². The molecule has 5 heteroatoms. The fraction of sp³-hybridized carbons (Fsp3) is 0.308. The number of methoxy groups -OCH3 is 1. The fourth-order valence-corrected chi connectivity index (χ4v) is 1.95. The van der Waals surface area contributed by atoms with Crippen molar-refractivity contribution < 1.29 is 4.74 Å². The Bertz CT molecular complexity index is 499. The van der Waals surface area contributed by atoms with Crippen molar-refractivity contribution in [2.75, 3.05) is 7.11 Å². The van der Waals surface area contributed by atoms with Crippen molar-refractivity contribution in [3.8, 4) is 5.75 Å². The minimum absolute atomic E-state index is 0.142. The van der Waals surface area contributed by atoms with Crippen LogP contribution in [0.1, 0.15) is 24.4 Å². The summed E-state index contributed by atoms with van der Waals surface area (Å²) in [6.07, 6.45) is 3.56. The number of H-pyrrole nitrogens is 1. The molecule has 0 fully saturated rings. The van der Waals surface area contributed by atoms with Gasteiger partial charge in [0.1, 0.15) is 11.6 Å². The summed E-state index contributed by atoms with van der Waals surface area (Å²) in [6, 6.07) is 5.74. The molecule has 4 nitrogen and oxygen atoms in total. The molecule has 0 aliphatic rings. The summed E-state index contributed by atoms with van der Waals surface area (Å²) in [5.41, 5.74) is 1.03. The largest absolute Gasteiger partial charge is 0.496 e. The van der Waals surface area contributed by atoms with E-state index in [0.29, 0.717) is 11.6 Å². The van der Waals surface area contributed by atoms with Crippen LogP contribution in [0.3, 0.4) is 0 Å². The third-order valence-corrected chi connectivity index (χ3v) is 3.01. The number of nitrogens with zero attached hydrogens (tertiary/aromatic N) is 1. The Hall–Kier alpha value is -1.52. The van der Waals surface area contributed by atoms with E-state index < -0.39 is 0 Å². The molecular weight excluding hydrogens is 250 g/mol. The van der Waals surface area contributed by atoms with Crippen LogP contribution in [0, 0.1) is 0 Å². The molecule has 0 saturated heterocycles. The van der Waals surface area contributed by atoms with Crippen LogP contribution in [-0.2, 0) is 6.54 Å². The van der Waals surface area contributed by atoms with Gasteiger partial charge >= 0.3 is 0 Å². The molecular formula is C13H16ClN3O. The average molecular weight is 266 g/mol. The third-order valence-electron chi connectivity index (χ3n) is 2.77. The van der Waals surface area contributed by atoms with E-state index in [0.717, 1.165) is 17.1 Å². The maximum Gasteiger partial charge on any atom is 0.123 e. The minimum Gasteiger partial charge on any atom is -0.496 e. The number of benzene rings is 1. The summed E-state index contributed by atoms with van der Waals surface area (Å²) in [4.78, 5) is 7.30. The predicted octanol–water partition coefficient (Wildman–Crippen LogP) is 2.92. The molecule has 1 heterocycles. The van der Waals surface area contributed by atoms with Gasteiger partial charge in [-0.3, -0.25) is 0 Å². The average Bonchev–Trinajstić information content (AvgIpc) is 2.90. The van der Waals surface area contributed by atoms with Crippen molar-refractivity contribution in [1.82, 2.24) is 15.3 Å². The Morgan fingerprint density at radius 3 is 3.00 bits per heavy atom. The first-order valence-corrected chi connectivity index (χ1v) is 6.13. The van der Waals surface area contributed by atoms with Gasteiger partial charge in [-0.1, -0.05) is 11.6 Å². The fourth-order valence-electron chi connectivity index (χ4n) is 1.76. The van der Waals surface area contributed by atoms with Crippen LogP contribution in [0.2, 0.25) is 5.02 Å². The number of aromatic nitrogens is 2. The van der Waals surface area contributed by atoms with Gasteiger partial charge in [-0.05, 0) is 25.1 Å².